The van der Waals surface area contributed by atoms with Gasteiger partial charge in [0.15, 0.2) is 6.04 Å². The van der Waals surface area contributed by atoms with Crippen molar-refractivity contribution in [3.63, 3.8) is 0 Å². The molecule has 0 bridgehead atoms. The topological polar surface area (TPSA) is 179 Å². The molecule has 1 aliphatic heterocycles. The summed E-state index contributed by atoms with van der Waals surface area (Å²) >= 11 is 0. The number of nitrogens with two attached hydrogens (primary N) is 1. The number of imide groups is 2. The van der Waals surface area contributed by atoms with E-state index in [9.17, 15) is 39.0 Å². The van der Waals surface area contributed by atoms with Crippen LogP contribution in [0, 0.1) is 0 Å². The van der Waals surface area contributed by atoms with Gasteiger partial charge in [-0.05, 0) is 42.7 Å². The lowest BCUT2D eigenvalue weighted by Crippen LogP contribution is -2.59. The van der Waals surface area contributed by atoms with Crippen molar-refractivity contribution >= 4 is 41.4 Å². The maximum atomic E-state index is 13.4. The number of nitrogens with zero attached hydrogens (tertiary/aromatic N) is 3. The number of unbranched alkanes of at least 4 members (excludes halogenated alkanes) is 2. The molecule has 0 spiro atoms. The third-order valence-corrected chi connectivity index (χ3v) is 6.03. The van der Waals surface area contributed by atoms with E-state index in [4.69, 9.17) is 5.73 Å². The number of carbonyl (C=O) groups excluding carboxylic acids is 4. The third kappa shape index (κ3) is 7.28. The molecule has 39 heavy (non-hydrogen) atoms. The number of carboxylic acids is 1. The lowest BCUT2D eigenvalue weighted by atomic mass is 10.0. The van der Waals surface area contributed by atoms with Crippen LogP contribution in [0.2, 0.25) is 0 Å². The molecule has 1 atom stereocenters. The highest BCUT2D eigenvalue weighted by atomic mass is 16.4. The quantitative estimate of drug-likeness (QED) is 0.168. The van der Waals surface area contributed by atoms with Crippen molar-refractivity contribution in [3.8, 4) is 0 Å². The fourth-order valence-corrected chi connectivity index (χ4v) is 4.05. The summed E-state index contributed by atoms with van der Waals surface area (Å²) in [4.78, 5) is 75.7. The highest BCUT2D eigenvalue weighted by molar-refractivity contribution is 6.12. The predicted molar refractivity (Wildman–Crippen MR) is 138 cm³/mol. The van der Waals surface area contributed by atoms with E-state index in [1.807, 2.05) is 0 Å². The molecule has 2 aromatic rings. The molecule has 0 saturated carbocycles. The average Bonchev–Trinajstić information content (AvgIpc) is 3.22. The molecule has 0 aliphatic carbocycles. The minimum atomic E-state index is -1.83. The number of rotatable bonds is 11. The van der Waals surface area contributed by atoms with Crippen LogP contribution in [0.25, 0.3) is 0 Å². The number of hydrazine groups is 1. The summed E-state index contributed by atoms with van der Waals surface area (Å²) in [5.74, 6) is -4.35. The van der Waals surface area contributed by atoms with E-state index >= 15 is 0 Å². The molecule has 0 radical (unpaired) electrons. The predicted octanol–water partition coefficient (Wildman–Crippen LogP) is 2.31. The van der Waals surface area contributed by atoms with E-state index in [0.717, 1.165) is 4.90 Å². The van der Waals surface area contributed by atoms with Gasteiger partial charge in [0.1, 0.15) is 0 Å². The molecule has 4 N–H and O–H groups in total. The van der Waals surface area contributed by atoms with Gasteiger partial charge in [0.2, 0.25) is 5.91 Å². The van der Waals surface area contributed by atoms with Crippen molar-refractivity contribution in [1.82, 2.24) is 14.9 Å². The maximum absolute atomic E-state index is 13.4. The van der Waals surface area contributed by atoms with Crippen molar-refractivity contribution in [2.24, 2.45) is 0 Å². The first-order chi connectivity index (χ1) is 18.6. The number of carboxylic acid groups (broad SMARTS) is 2. The molecule has 12 nitrogen and oxygen atoms in total. The van der Waals surface area contributed by atoms with Gasteiger partial charge in [-0.2, -0.15) is 0 Å². The average molecular weight is 537 g/mol. The maximum Gasteiger partial charge on any atom is 0.434 e. The van der Waals surface area contributed by atoms with Crippen LogP contribution in [0.5, 0.6) is 0 Å². The molecular weight excluding hydrogens is 508 g/mol. The highest BCUT2D eigenvalue weighted by Gasteiger charge is 2.40. The Balaban J connectivity index is 1.82. The monoisotopic (exact) mass is 536 g/mol. The van der Waals surface area contributed by atoms with E-state index in [2.05, 4.69) is 0 Å². The van der Waals surface area contributed by atoms with Gasteiger partial charge in [0.05, 0.1) is 0 Å². The lowest BCUT2D eigenvalue weighted by molar-refractivity contribution is -0.161. The molecule has 3 rings (SSSR count). The standard InChI is InChI=1S/C27H28N4O8/c28-20-12-10-19(11-13-20)25(35)31(27(38)39)30(21(26(36)37)17-18-7-3-1-4-8-18)24(34)9-5-2-6-16-29-22(32)14-15-23(29)33/h1,3-4,7-8,10-15,21H,2,5-6,9,16-17,28H2,(H,36,37)(H,38,39)/t21-/m0/s1. The summed E-state index contributed by atoms with van der Waals surface area (Å²) in [5.41, 5.74) is 6.38. The van der Waals surface area contributed by atoms with Crippen molar-refractivity contribution in [2.45, 2.75) is 38.1 Å². The van der Waals surface area contributed by atoms with Crippen molar-refractivity contribution in [2.75, 3.05) is 12.3 Å². The van der Waals surface area contributed by atoms with Gasteiger partial charge in [0, 0.05) is 42.8 Å². The first kappa shape index (κ1) is 28.6. The van der Waals surface area contributed by atoms with Gasteiger partial charge in [-0.3, -0.25) is 24.1 Å². The lowest BCUT2D eigenvalue weighted by Gasteiger charge is -2.35. The van der Waals surface area contributed by atoms with Gasteiger partial charge >= 0.3 is 12.1 Å². The van der Waals surface area contributed by atoms with Crippen molar-refractivity contribution in [1.29, 1.82) is 0 Å². The fourth-order valence-electron chi connectivity index (χ4n) is 4.05. The number of amides is 5. The number of nitrogen functional groups attached to an aromatic ring is 1. The molecule has 12 heteroatoms. The summed E-state index contributed by atoms with van der Waals surface area (Å²) in [6.07, 6.45) is 0.924. The minimum Gasteiger partial charge on any atom is -0.480 e. The van der Waals surface area contributed by atoms with Crippen molar-refractivity contribution in [3.05, 3.63) is 77.9 Å². The van der Waals surface area contributed by atoms with Crippen LogP contribution in [0.3, 0.4) is 0 Å². The fraction of sp³-hybridized carbons (Fsp3) is 0.259. The molecule has 0 unspecified atom stereocenters. The van der Waals surface area contributed by atoms with Gasteiger partial charge in [0.25, 0.3) is 17.7 Å². The van der Waals surface area contributed by atoms with Gasteiger partial charge in [-0.1, -0.05) is 36.8 Å². The molecule has 204 valence electrons. The largest absolute Gasteiger partial charge is 0.480 e. The van der Waals surface area contributed by atoms with Gasteiger partial charge < -0.3 is 15.9 Å². The molecule has 0 fully saturated rings. The third-order valence-electron chi connectivity index (χ3n) is 6.03. The number of carbonyl (C=O) groups is 6. The normalized spacial score (nSPS) is 13.3. The van der Waals surface area contributed by atoms with Crippen molar-refractivity contribution < 1.29 is 39.0 Å². The van der Waals surface area contributed by atoms with E-state index in [1.165, 1.54) is 36.4 Å². The summed E-state index contributed by atoms with van der Waals surface area (Å²) < 4.78 is 0. The van der Waals surface area contributed by atoms with Gasteiger partial charge in [-0.25, -0.2) is 14.6 Å². The molecule has 5 amide bonds. The number of hydrogen-bond donors (Lipinski definition) is 3. The van der Waals surface area contributed by atoms with Crippen LogP contribution < -0.4 is 5.73 Å². The molecule has 1 aliphatic rings. The second kappa shape index (κ2) is 13.0. The summed E-state index contributed by atoms with van der Waals surface area (Å²) in [5, 5.41) is 20.6. The van der Waals surface area contributed by atoms with E-state index in [0.29, 0.717) is 29.1 Å². The molecule has 2 aromatic carbocycles. The Bertz CT molecular complexity index is 1260. The number of anilines is 1. The first-order valence-electron chi connectivity index (χ1n) is 12.1. The molecule has 1 heterocycles. The van der Waals surface area contributed by atoms with Crippen LogP contribution in [0.4, 0.5) is 10.5 Å². The zero-order valence-electron chi connectivity index (χ0n) is 20.9. The van der Waals surface area contributed by atoms with Crippen LogP contribution >= 0.6 is 0 Å². The van der Waals surface area contributed by atoms with E-state index < -0.39 is 41.7 Å². The molecule has 0 aromatic heterocycles. The Morgan fingerprint density at radius 2 is 1.46 bits per heavy atom. The second-order valence-corrected chi connectivity index (χ2v) is 8.78. The first-order valence-corrected chi connectivity index (χ1v) is 12.1. The zero-order chi connectivity index (χ0) is 28.5. The Kier molecular flexibility index (Phi) is 9.52. The van der Waals surface area contributed by atoms with Gasteiger partial charge in [-0.15, -0.1) is 5.01 Å². The van der Waals surface area contributed by atoms with Crippen LogP contribution in [-0.2, 0) is 25.6 Å². The molecular formula is C27H28N4O8. The minimum absolute atomic E-state index is 0.109. The summed E-state index contributed by atoms with van der Waals surface area (Å²) in [6.45, 7) is 0.144. The second-order valence-electron chi connectivity index (χ2n) is 8.78. The Labute approximate surface area is 223 Å². The highest BCUT2D eigenvalue weighted by Crippen LogP contribution is 2.20. The summed E-state index contributed by atoms with van der Waals surface area (Å²) in [7, 11) is 0. The smallest absolute Gasteiger partial charge is 0.434 e. The van der Waals surface area contributed by atoms with Crippen LogP contribution in [0.1, 0.15) is 41.6 Å². The number of hydrogen-bond acceptors (Lipinski definition) is 7. The molecule has 0 saturated heterocycles. The number of benzene rings is 2. The van der Waals surface area contributed by atoms with E-state index in [1.54, 1.807) is 30.3 Å². The van der Waals surface area contributed by atoms with Crippen LogP contribution in [0.15, 0.2) is 66.7 Å². The number of aliphatic carboxylic acids is 1. The summed E-state index contributed by atoms with van der Waals surface area (Å²) in [6, 6.07) is 11.9. The Hall–Kier alpha value is -5.00. The zero-order valence-corrected chi connectivity index (χ0v) is 20.9. The van der Waals surface area contributed by atoms with E-state index in [-0.39, 0.29) is 36.4 Å². The van der Waals surface area contributed by atoms with Crippen LogP contribution in [-0.4, -0.2) is 73.4 Å². The Morgan fingerprint density at radius 3 is 2.03 bits per heavy atom. The Morgan fingerprint density at radius 1 is 0.846 bits per heavy atom. The SMILES string of the molecule is Nc1ccc(C(=O)N(C(=O)O)N(C(=O)CCCCCN2C(=O)C=CC2=O)[C@@H](Cc2ccccc2)C(=O)O)cc1.